The molecule has 9 nitrogen and oxygen atoms in total. The summed E-state index contributed by atoms with van der Waals surface area (Å²) in [4.78, 5) is 18.7. The molecule has 0 saturated carbocycles. The maximum absolute atomic E-state index is 6.02. The molecule has 0 bridgehead atoms. The van der Waals surface area contributed by atoms with Crippen molar-refractivity contribution in [1.29, 1.82) is 0 Å². The molecule has 29 heavy (non-hydrogen) atoms. The second-order valence-corrected chi connectivity index (χ2v) is 7.77. The number of ether oxygens (including phenoxy) is 3. The molecule has 0 unspecified atom stereocenters. The van der Waals surface area contributed by atoms with Gasteiger partial charge < -0.3 is 19.1 Å². The molecule has 0 N–H and O–H groups in total. The van der Waals surface area contributed by atoms with Gasteiger partial charge in [0.25, 0.3) is 5.88 Å². The standard InChI is InChI=1S/C20H34N6O3/c1-2-22-20(29-18-13-25-11-16-28-17-12-25)19(21-1)26-7-5-23(6-8-26)3-4-24-9-14-27-15-10-24/h1-2H,3-18H2. The van der Waals surface area contributed by atoms with Crippen LogP contribution < -0.4 is 9.64 Å². The molecule has 1 aromatic rings. The Kier molecular flexibility index (Phi) is 7.89. The van der Waals surface area contributed by atoms with Gasteiger partial charge in [0, 0.05) is 84.4 Å². The maximum Gasteiger partial charge on any atom is 0.257 e. The second-order valence-electron chi connectivity index (χ2n) is 7.77. The maximum atomic E-state index is 6.02. The number of anilines is 1. The van der Waals surface area contributed by atoms with Gasteiger partial charge in [-0.25, -0.2) is 9.97 Å². The Morgan fingerprint density at radius 2 is 1.24 bits per heavy atom. The van der Waals surface area contributed by atoms with Gasteiger partial charge in [-0.2, -0.15) is 0 Å². The van der Waals surface area contributed by atoms with Crippen molar-refractivity contribution in [2.75, 3.05) is 110 Å². The molecule has 0 atom stereocenters. The minimum atomic E-state index is 0.630. The number of hydrogen-bond donors (Lipinski definition) is 0. The van der Waals surface area contributed by atoms with Crippen molar-refractivity contribution in [3.05, 3.63) is 12.4 Å². The number of aromatic nitrogens is 2. The highest BCUT2D eigenvalue weighted by molar-refractivity contribution is 5.48. The van der Waals surface area contributed by atoms with E-state index in [0.717, 1.165) is 104 Å². The van der Waals surface area contributed by atoms with Crippen molar-refractivity contribution in [1.82, 2.24) is 24.7 Å². The summed E-state index contributed by atoms with van der Waals surface area (Å²) in [5.74, 6) is 1.53. The van der Waals surface area contributed by atoms with E-state index in [2.05, 4.69) is 29.6 Å². The third kappa shape index (κ3) is 6.23. The fourth-order valence-electron chi connectivity index (χ4n) is 4.02. The summed E-state index contributed by atoms with van der Waals surface area (Å²) < 4.78 is 16.8. The van der Waals surface area contributed by atoms with Gasteiger partial charge in [-0.15, -0.1) is 0 Å². The molecule has 0 amide bonds. The third-order valence-electron chi connectivity index (χ3n) is 5.90. The van der Waals surface area contributed by atoms with Crippen LogP contribution in [0.5, 0.6) is 5.88 Å². The van der Waals surface area contributed by atoms with Gasteiger partial charge in [0.15, 0.2) is 5.82 Å². The predicted molar refractivity (Wildman–Crippen MR) is 111 cm³/mol. The van der Waals surface area contributed by atoms with E-state index >= 15 is 0 Å². The van der Waals surface area contributed by atoms with E-state index < -0.39 is 0 Å². The first kappa shape index (κ1) is 20.7. The first-order valence-electron chi connectivity index (χ1n) is 10.9. The number of morpholine rings is 2. The van der Waals surface area contributed by atoms with E-state index in [1.807, 2.05) is 0 Å². The fraction of sp³-hybridized carbons (Fsp3) is 0.800. The smallest absolute Gasteiger partial charge is 0.257 e. The lowest BCUT2D eigenvalue weighted by Gasteiger charge is -2.37. The Balaban J connectivity index is 1.21. The van der Waals surface area contributed by atoms with Crippen LogP contribution in [0, 0.1) is 0 Å². The molecule has 4 rings (SSSR count). The molecule has 0 aromatic carbocycles. The molecule has 162 valence electrons. The van der Waals surface area contributed by atoms with Crippen molar-refractivity contribution in [3.63, 3.8) is 0 Å². The summed E-state index contributed by atoms with van der Waals surface area (Å²) in [5.41, 5.74) is 0. The minimum Gasteiger partial charge on any atom is -0.474 e. The van der Waals surface area contributed by atoms with Crippen LogP contribution >= 0.6 is 0 Å². The third-order valence-corrected chi connectivity index (χ3v) is 5.90. The number of rotatable bonds is 8. The summed E-state index contributed by atoms with van der Waals surface area (Å²) in [6.45, 7) is 15.2. The molecule has 3 saturated heterocycles. The van der Waals surface area contributed by atoms with Crippen LogP contribution in [0.3, 0.4) is 0 Å². The zero-order chi connectivity index (χ0) is 19.7. The fourth-order valence-corrected chi connectivity index (χ4v) is 4.02. The Morgan fingerprint density at radius 3 is 1.90 bits per heavy atom. The topological polar surface area (TPSA) is 66.4 Å². The van der Waals surface area contributed by atoms with Gasteiger partial charge in [-0.3, -0.25) is 14.7 Å². The molecule has 3 fully saturated rings. The molecule has 3 aliphatic heterocycles. The molecule has 1 aromatic heterocycles. The van der Waals surface area contributed by atoms with E-state index in [4.69, 9.17) is 14.2 Å². The predicted octanol–water partition coefficient (Wildman–Crippen LogP) is -0.358. The summed E-state index contributed by atoms with van der Waals surface area (Å²) in [5, 5.41) is 0. The van der Waals surface area contributed by atoms with Gasteiger partial charge in [0.2, 0.25) is 0 Å². The zero-order valence-corrected chi connectivity index (χ0v) is 17.4. The normalized spacial score (nSPS) is 22.7. The Labute approximate surface area is 173 Å². The van der Waals surface area contributed by atoms with Crippen molar-refractivity contribution in [2.45, 2.75) is 0 Å². The monoisotopic (exact) mass is 406 g/mol. The average Bonchev–Trinajstić information content (AvgIpc) is 2.80. The van der Waals surface area contributed by atoms with Crippen LogP contribution in [0.1, 0.15) is 0 Å². The zero-order valence-electron chi connectivity index (χ0n) is 17.4. The summed E-state index contributed by atoms with van der Waals surface area (Å²) in [6, 6.07) is 0. The molecular formula is C20H34N6O3. The van der Waals surface area contributed by atoms with Crippen LogP contribution in [0.25, 0.3) is 0 Å². The quantitative estimate of drug-likeness (QED) is 0.576. The highest BCUT2D eigenvalue weighted by Crippen LogP contribution is 2.23. The van der Waals surface area contributed by atoms with Crippen LogP contribution in [-0.2, 0) is 9.47 Å². The van der Waals surface area contributed by atoms with Crippen LogP contribution in [0.2, 0.25) is 0 Å². The van der Waals surface area contributed by atoms with E-state index in [-0.39, 0.29) is 0 Å². The lowest BCUT2D eigenvalue weighted by atomic mass is 10.3. The van der Waals surface area contributed by atoms with Crippen LogP contribution in [-0.4, -0.2) is 130 Å². The van der Waals surface area contributed by atoms with E-state index in [9.17, 15) is 0 Å². The average molecular weight is 407 g/mol. The lowest BCUT2D eigenvalue weighted by molar-refractivity contribution is 0.0319. The second kappa shape index (κ2) is 11.0. The molecule has 0 spiro atoms. The van der Waals surface area contributed by atoms with Crippen molar-refractivity contribution < 1.29 is 14.2 Å². The Hall–Kier alpha value is -1.52. The molecular weight excluding hydrogens is 372 g/mol. The van der Waals surface area contributed by atoms with Crippen molar-refractivity contribution in [2.24, 2.45) is 0 Å². The van der Waals surface area contributed by atoms with Crippen molar-refractivity contribution >= 4 is 5.82 Å². The summed E-state index contributed by atoms with van der Waals surface area (Å²) in [7, 11) is 0. The van der Waals surface area contributed by atoms with E-state index in [0.29, 0.717) is 12.5 Å². The van der Waals surface area contributed by atoms with Gasteiger partial charge in [0.05, 0.1) is 26.4 Å². The van der Waals surface area contributed by atoms with Gasteiger partial charge in [-0.1, -0.05) is 0 Å². The van der Waals surface area contributed by atoms with Gasteiger partial charge >= 0.3 is 0 Å². The SMILES string of the molecule is c1cnc(N2CCN(CCN3CCOCC3)CC2)c(OCCN2CCOCC2)n1. The molecule has 0 aliphatic carbocycles. The van der Waals surface area contributed by atoms with Gasteiger partial charge in [0.1, 0.15) is 6.61 Å². The first-order chi connectivity index (χ1) is 14.4. The minimum absolute atomic E-state index is 0.630. The summed E-state index contributed by atoms with van der Waals surface area (Å²) in [6.07, 6.45) is 3.47. The number of nitrogens with zero attached hydrogens (tertiary/aromatic N) is 6. The molecule has 9 heteroatoms. The van der Waals surface area contributed by atoms with Crippen LogP contribution in [0.4, 0.5) is 5.82 Å². The summed E-state index contributed by atoms with van der Waals surface area (Å²) >= 11 is 0. The van der Waals surface area contributed by atoms with Crippen molar-refractivity contribution in [3.8, 4) is 5.88 Å². The highest BCUT2D eigenvalue weighted by atomic mass is 16.5. The Morgan fingerprint density at radius 1 is 0.690 bits per heavy atom. The Bertz CT molecular complexity index is 602. The molecule has 4 heterocycles. The molecule has 3 aliphatic rings. The number of piperazine rings is 1. The largest absolute Gasteiger partial charge is 0.474 e. The lowest BCUT2D eigenvalue weighted by Crippen LogP contribution is -2.49. The van der Waals surface area contributed by atoms with E-state index in [1.165, 1.54) is 0 Å². The van der Waals surface area contributed by atoms with E-state index in [1.54, 1.807) is 12.4 Å². The van der Waals surface area contributed by atoms with Gasteiger partial charge in [-0.05, 0) is 0 Å². The van der Waals surface area contributed by atoms with Crippen LogP contribution in [0.15, 0.2) is 12.4 Å². The molecule has 0 radical (unpaired) electrons. The first-order valence-corrected chi connectivity index (χ1v) is 10.9. The number of hydrogen-bond acceptors (Lipinski definition) is 9. The highest BCUT2D eigenvalue weighted by Gasteiger charge is 2.22.